The van der Waals surface area contributed by atoms with E-state index in [1.807, 2.05) is 24.3 Å². The largest absolute Gasteiger partial charge is 0.415 e. The smallest absolute Gasteiger partial charge is 0.337 e. The molecule has 108 valence electrons. The van der Waals surface area contributed by atoms with Crippen molar-refractivity contribution in [2.45, 2.75) is 25.1 Å². The lowest BCUT2D eigenvalue weighted by Crippen LogP contribution is -2.48. The Labute approximate surface area is 121 Å². The molecule has 2 aromatic rings. The van der Waals surface area contributed by atoms with Crippen molar-refractivity contribution < 1.29 is 17.7 Å². The molecule has 0 spiro atoms. The van der Waals surface area contributed by atoms with Crippen molar-refractivity contribution in [3.63, 3.8) is 0 Å². The maximum atomic E-state index is 12.8. The van der Waals surface area contributed by atoms with Crippen LogP contribution >= 0.6 is 15.9 Å². The zero-order valence-electron chi connectivity index (χ0n) is 10.4. The molecule has 1 aromatic carbocycles. The molecule has 0 aliphatic heterocycles. The van der Waals surface area contributed by atoms with E-state index in [2.05, 4.69) is 30.6 Å². The summed E-state index contributed by atoms with van der Waals surface area (Å²) in [4.78, 5) is 3.74. The van der Waals surface area contributed by atoms with Gasteiger partial charge < -0.3 is 10.3 Å². The average molecular weight is 350 g/mol. The molecule has 0 radical (unpaired) electrons. The van der Waals surface area contributed by atoms with Crippen LogP contribution in [0.2, 0.25) is 0 Å². The van der Waals surface area contributed by atoms with Crippen molar-refractivity contribution in [2.75, 3.05) is 0 Å². The maximum Gasteiger partial charge on any atom is 0.415 e. The van der Waals surface area contributed by atoms with Gasteiger partial charge in [-0.15, -0.1) is 0 Å². The quantitative estimate of drug-likeness (QED) is 0.924. The molecule has 0 fully saturated rings. The number of halogens is 4. The highest BCUT2D eigenvalue weighted by molar-refractivity contribution is 9.10. The Bertz CT molecular complexity index is 610. The van der Waals surface area contributed by atoms with E-state index in [1.165, 1.54) is 0 Å². The predicted molar refractivity (Wildman–Crippen MR) is 68.8 cm³/mol. The first kappa shape index (κ1) is 15.0. The first-order valence-corrected chi connectivity index (χ1v) is 6.43. The van der Waals surface area contributed by atoms with Crippen LogP contribution in [-0.2, 0) is 12.0 Å². The summed E-state index contributed by atoms with van der Waals surface area (Å²) in [6.45, 7) is 0.794. The van der Waals surface area contributed by atoms with Crippen LogP contribution in [0.15, 0.2) is 33.3 Å². The van der Waals surface area contributed by atoms with Gasteiger partial charge in [-0.2, -0.15) is 18.2 Å². The Balaban J connectivity index is 2.24. The van der Waals surface area contributed by atoms with Crippen LogP contribution in [0.5, 0.6) is 0 Å². The topological polar surface area (TPSA) is 64.9 Å². The monoisotopic (exact) mass is 349 g/mol. The van der Waals surface area contributed by atoms with Gasteiger partial charge in [0.25, 0.3) is 5.89 Å². The lowest BCUT2D eigenvalue weighted by Gasteiger charge is -2.22. The second-order valence-electron chi connectivity index (χ2n) is 4.48. The molecule has 1 aromatic heterocycles. The number of hydrogen-bond acceptors (Lipinski definition) is 4. The summed E-state index contributed by atoms with van der Waals surface area (Å²) >= 11 is 3.34. The molecule has 0 bridgehead atoms. The van der Waals surface area contributed by atoms with Gasteiger partial charge in [-0.25, -0.2) is 0 Å². The molecule has 2 rings (SSSR count). The molecule has 20 heavy (non-hydrogen) atoms. The molecule has 1 atom stereocenters. The zero-order chi connectivity index (χ0) is 15.0. The van der Waals surface area contributed by atoms with Crippen molar-refractivity contribution >= 4 is 15.9 Å². The molecule has 0 saturated heterocycles. The Hall–Kier alpha value is -1.41. The molecule has 0 aliphatic carbocycles. The Morgan fingerprint density at radius 2 is 1.95 bits per heavy atom. The van der Waals surface area contributed by atoms with Crippen molar-refractivity contribution in [2.24, 2.45) is 5.73 Å². The summed E-state index contributed by atoms with van der Waals surface area (Å²) in [7, 11) is 0. The van der Waals surface area contributed by atoms with Crippen molar-refractivity contribution in [3.05, 3.63) is 46.0 Å². The first-order valence-electron chi connectivity index (χ1n) is 5.64. The minimum absolute atomic E-state index is 0.146. The van der Waals surface area contributed by atoms with E-state index >= 15 is 0 Å². The fraction of sp³-hybridized carbons (Fsp3) is 0.333. The zero-order valence-corrected chi connectivity index (χ0v) is 12.0. The number of rotatable bonds is 3. The van der Waals surface area contributed by atoms with E-state index in [0.717, 1.165) is 17.0 Å². The number of alkyl halides is 3. The third kappa shape index (κ3) is 2.85. The van der Waals surface area contributed by atoms with E-state index in [-0.39, 0.29) is 12.2 Å². The SMILES string of the molecule is CC(N)(c1nc(Cc2ccccc2Br)no1)C(F)(F)F. The summed E-state index contributed by atoms with van der Waals surface area (Å²) in [5, 5.41) is 3.55. The summed E-state index contributed by atoms with van der Waals surface area (Å²) in [6.07, 6.45) is -4.41. The average Bonchev–Trinajstić information content (AvgIpc) is 2.80. The fourth-order valence-electron chi connectivity index (χ4n) is 1.47. The Kier molecular flexibility index (Phi) is 3.88. The molecular formula is C12H11BrF3N3O. The van der Waals surface area contributed by atoms with Crippen LogP contribution in [0, 0.1) is 0 Å². The minimum Gasteiger partial charge on any atom is -0.337 e. The standard InChI is InChI=1S/C12H11BrF3N3O/c1-11(17,12(14,15)16)10-18-9(19-20-10)6-7-4-2-3-5-8(7)13/h2-5H,6,17H2,1H3. The van der Waals surface area contributed by atoms with Crippen LogP contribution < -0.4 is 5.73 Å². The first-order chi connectivity index (χ1) is 9.22. The van der Waals surface area contributed by atoms with Gasteiger partial charge in [-0.3, -0.25) is 0 Å². The number of hydrogen-bond donors (Lipinski definition) is 1. The second-order valence-corrected chi connectivity index (χ2v) is 5.34. The number of benzene rings is 1. The van der Waals surface area contributed by atoms with Gasteiger partial charge in [0, 0.05) is 10.9 Å². The summed E-state index contributed by atoms with van der Waals surface area (Å²) in [5.74, 6) is -0.500. The predicted octanol–water partition coefficient (Wildman–Crippen LogP) is 3.16. The molecule has 4 nitrogen and oxygen atoms in total. The van der Waals surface area contributed by atoms with Crippen LogP contribution in [0.25, 0.3) is 0 Å². The van der Waals surface area contributed by atoms with Crippen LogP contribution in [0.1, 0.15) is 24.2 Å². The van der Waals surface area contributed by atoms with E-state index in [9.17, 15) is 13.2 Å². The molecule has 0 saturated carbocycles. The highest BCUT2D eigenvalue weighted by Gasteiger charge is 2.53. The van der Waals surface area contributed by atoms with E-state index < -0.39 is 17.6 Å². The molecule has 1 heterocycles. The summed E-state index contributed by atoms with van der Waals surface area (Å²) in [5.41, 5.74) is 3.40. The molecule has 0 amide bonds. The molecule has 0 aliphatic rings. The van der Waals surface area contributed by atoms with E-state index in [4.69, 9.17) is 5.73 Å². The lowest BCUT2D eigenvalue weighted by molar-refractivity contribution is -0.190. The second kappa shape index (κ2) is 5.17. The van der Waals surface area contributed by atoms with Gasteiger partial charge in [-0.05, 0) is 18.6 Å². The molecule has 8 heteroatoms. The Morgan fingerprint density at radius 1 is 1.30 bits per heavy atom. The van der Waals surface area contributed by atoms with Gasteiger partial charge in [0.1, 0.15) is 0 Å². The highest BCUT2D eigenvalue weighted by Crippen LogP contribution is 2.35. The van der Waals surface area contributed by atoms with Crippen molar-refractivity contribution in [1.29, 1.82) is 0 Å². The van der Waals surface area contributed by atoms with Crippen LogP contribution in [-0.4, -0.2) is 16.3 Å². The minimum atomic E-state index is -4.66. The molecular weight excluding hydrogens is 339 g/mol. The van der Waals surface area contributed by atoms with Crippen LogP contribution in [0.4, 0.5) is 13.2 Å². The van der Waals surface area contributed by atoms with E-state index in [1.54, 1.807) is 0 Å². The molecule has 2 N–H and O–H groups in total. The number of nitrogens with zero attached hydrogens (tertiary/aromatic N) is 2. The highest BCUT2D eigenvalue weighted by atomic mass is 79.9. The third-order valence-corrected chi connectivity index (χ3v) is 3.58. The van der Waals surface area contributed by atoms with Gasteiger partial charge >= 0.3 is 6.18 Å². The van der Waals surface area contributed by atoms with Crippen molar-refractivity contribution in [1.82, 2.24) is 10.1 Å². The van der Waals surface area contributed by atoms with Gasteiger partial charge in [0.05, 0.1) is 0 Å². The fourth-order valence-corrected chi connectivity index (χ4v) is 1.90. The summed E-state index contributed by atoms with van der Waals surface area (Å²) in [6, 6.07) is 7.27. The number of aromatic nitrogens is 2. The number of nitrogens with two attached hydrogens (primary N) is 1. The lowest BCUT2D eigenvalue weighted by atomic mass is 10.0. The Morgan fingerprint density at radius 3 is 2.55 bits per heavy atom. The van der Waals surface area contributed by atoms with Crippen LogP contribution in [0.3, 0.4) is 0 Å². The molecule has 1 unspecified atom stereocenters. The van der Waals surface area contributed by atoms with Gasteiger partial charge in [-0.1, -0.05) is 39.3 Å². The normalized spacial score (nSPS) is 15.1. The maximum absolute atomic E-state index is 12.8. The van der Waals surface area contributed by atoms with Gasteiger partial charge in [0.2, 0.25) is 0 Å². The summed E-state index contributed by atoms with van der Waals surface area (Å²) < 4.78 is 43.7. The third-order valence-electron chi connectivity index (χ3n) is 2.81. The van der Waals surface area contributed by atoms with Gasteiger partial charge in [0.15, 0.2) is 11.4 Å². The van der Waals surface area contributed by atoms with Crippen molar-refractivity contribution in [3.8, 4) is 0 Å². The van der Waals surface area contributed by atoms with E-state index in [0.29, 0.717) is 0 Å².